The smallest absolute Gasteiger partial charge is 0.486 e. The van der Waals surface area contributed by atoms with E-state index in [2.05, 4.69) is 47.4 Å². The lowest BCUT2D eigenvalue weighted by Gasteiger charge is -2.39. The lowest BCUT2D eigenvalue weighted by molar-refractivity contribution is -0.274. The average Bonchev–Trinajstić information content (AvgIpc) is 3.24. The van der Waals surface area contributed by atoms with Crippen LogP contribution in [0.3, 0.4) is 0 Å². The molecule has 1 aromatic heterocycles. The maximum Gasteiger partial charge on any atom is 0.573 e. The minimum Gasteiger partial charge on any atom is -0.486 e. The molecule has 1 fully saturated rings. The Morgan fingerprint density at radius 2 is 1.89 bits per heavy atom. The highest BCUT2D eigenvalue weighted by Gasteiger charge is 2.36. The molecule has 0 radical (unpaired) electrons. The number of halogens is 3. The van der Waals surface area contributed by atoms with Crippen molar-refractivity contribution in [3.63, 3.8) is 0 Å². The summed E-state index contributed by atoms with van der Waals surface area (Å²) < 4.78 is 49.9. The summed E-state index contributed by atoms with van der Waals surface area (Å²) in [6.45, 7) is 7.05. The number of rotatable bonds is 6. The molecule has 0 spiro atoms. The molecule has 3 aliphatic heterocycles. The number of hydrogen-bond donors (Lipinski definition) is 2. The second-order valence-corrected chi connectivity index (χ2v) is 8.90. The number of hydrogen-bond acceptors (Lipinski definition) is 9. The Kier molecular flexibility index (Phi) is 6.47. The zero-order valence-corrected chi connectivity index (χ0v) is 19.7. The molecular weight excluding hydrogens is 465 g/mol. The van der Waals surface area contributed by atoms with E-state index in [1.807, 2.05) is 7.05 Å². The van der Waals surface area contributed by atoms with Gasteiger partial charge >= 0.3 is 6.36 Å². The van der Waals surface area contributed by atoms with Crippen LogP contribution in [0.15, 0.2) is 30.0 Å². The third-order valence-corrected chi connectivity index (χ3v) is 6.41. The summed E-state index contributed by atoms with van der Waals surface area (Å²) in [5.41, 5.74) is 4.76. The molecule has 10 nitrogen and oxygen atoms in total. The molecule has 0 aliphatic carbocycles. The van der Waals surface area contributed by atoms with Gasteiger partial charge in [0.15, 0.2) is 11.6 Å². The molecule has 1 aromatic carbocycles. The number of alkyl halides is 3. The fraction of sp³-hybridized carbons (Fsp3) is 0.545. The lowest BCUT2D eigenvalue weighted by atomic mass is 10.1. The quantitative estimate of drug-likeness (QED) is 0.616. The number of piperazine rings is 1. The number of nitrogens with one attached hydrogen (secondary N) is 2. The Bertz CT molecular complexity index is 1080. The molecule has 1 atom stereocenters. The SMILES string of the molecule is CN1CCN(CCNC2Nn3c(nnc3-c3cccc(OC(F)(F)F)c3)C3=C2N(C)CCO3)CC1. The Balaban J connectivity index is 1.38. The first kappa shape index (κ1) is 23.7. The van der Waals surface area contributed by atoms with Crippen LogP contribution in [0.25, 0.3) is 17.1 Å². The number of likely N-dealkylation sites (N-methyl/N-ethyl adjacent to an activating group) is 2. The van der Waals surface area contributed by atoms with Crippen molar-refractivity contribution in [2.24, 2.45) is 0 Å². The van der Waals surface area contributed by atoms with Crippen LogP contribution in [0.2, 0.25) is 0 Å². The van der Waals surface area contributed by atoms with Crippen molar-refractivity contribution in [3.8, 4) is 17.1 Å². The number of ether oxygens (including phenoxy) is 2. The Hall–Kier alpha value is -3.03. The van der Waals surface area contributed by atoms with E-state index in [0.717, 1.165) is 51.5 Å². The molecule has 1 unspecified atom stereocenters. The van der Waals surface area contributed by atoms with E-state index in [0.29, 0.717) is 29.6 Å². The number of benzene rings is 1. The van der Waals surface area contributed by atoms with Gasteiger partial charge in [0.2, 0.25) is 5.82 Å². The first-order valence-corrected chi connectivity index (χ1v) is 11.6. The molecule has 3 aliphatic rings. The van der Waals surface area contributed by atoms with Crippen LogP contribution in [0.4, 0.5) is 13.2 Å². The molecule has 0 bridgehead atoms. The van der Waals surface area contributed by atoms with Gasteiger partial charge in [0, 0.05) is 51.9 Å². The minimum absolute atomic E-state index is 0.292. The van der Waals surface area contributed by atoms with Crippen molar-refractivity contribution < 1.29 is 22.6 Å². The molecule has 190 valence electrons. The van der Waals surface area contributed by atoms with Crippen molar-refractivity contribution >= 4 is 5.76 Å². The molecule has 13 heteroatoms. The van der Waals surface area contributed by atoms with Crippen molar-refractivity contribution in [1.82, 2.24) is 34.9 Å². The molecule has 0 saturated carbocycles. The monoisotopic (exact) mass is 494 g/mol. The van der Waals surface area contributed by atoms with Gasteiger partial charge < -0.3 is 19.3 Å². The second kappa shape index (κ2) is 9.55. The second-order valence-electron chi connectivity index (χ2n) is 8.90. The van der Waals surface area contributed by atoms with Crippen molar-refractivity contribution in [2.75, 3.05) is 71.9 Å². The van der Waals surface area contributed by atoms with Crippen LogP contribution >= 0.6 is 0 Å². The van der Waals surface area contributed by atoms with Crippen molar-refractivity contribution in [3.05, 3.63) is 35.8 Å². The number of aromatic nitrogens is 3. The van der Waals surface area contributed by atoms with Crippen LogP contribution in [-0.2, 0) is 4.74 Å². The molecule has 2 N–H and O–H groups in total. The molecule has 35 heavy (non-hydrogen) atoms. The zero-order chi connectivity index (χ0) is 24.6. The molecular formula is C22H29F3N8O2. The molecule has 5 rings (SSSR count). The largest absolute Gasteiger partial charge is 0.573 e. The Morgan fingerprint density at radius 3 is 2.66 bits per heavy atom. The normalized spacial score (nSPS) is 21.3. The summed E-state index contributed by atoms with van der Waals surface area (Å²) in [6, 6.07) is 5.69. The van der Waals surface area contributed by atoms with E-state index in [9.17, 15) is 13.2 Å². The fourth-order valence-electron chi connectivity index (χ4n) is 4.53. The first-order chi connectivity index (χ1) is 16.8. The highest BCUT2D eigenvalue weighted by Crippen LogP contribution is 2.33. The Labute approximate surface area is 201 Å². The molecule has 1 saturated heterocycles. The lowest BCUT2D eigenvalue weighted by Crippen LogP contribution is -2.54. The van der Waals surface area contributed by atoms with E-state index < -0.39 is 6.36 Å². The van der Waals surface area contributed by atoms with Gasteiger partial charge in [-0.3, -0.25) is 15.6 Å². The maximum absolute atomic E-state index is 12.7. The van der Waals surface area contributed by atoms with E-state index in [-0.39, 0.29) is 11.9 Å². The standard InChI is InChI=1S/C22H29F3N8O2/c1-30-8-10-32(11-9-30)7-6-26-19-17-18(34-13-12-31(17)2)21-28-27-20(33(21)29-19)15-4-3-5-16(14-15)35-22(23,24)25/h3-5,14,19,26,29H,6-13H2,1-2H3. The summed E-state index contributed by atoms with van der Waals surface area (Å²) in [7, 11) is 4.13. The topological polar surface area (TPSA) is 83.0 Å². The van der Waals surface area contributed by atoms with E-state index >= 15 is 0 Å². The van der Waals surface area contributed by atoms with Crippen LogP contribution in [0.5, 0.6) is 5.75 Å². The maximum atomic E-state index is 12.7. The van der Waals surface area contributed by atoms with Crippen LogP contribution in [0, 0.1) is 0 Å². The molecule has 0 amide bonds. The summed E-state index contributed by atoms with van der Waals surface area (Å²) in [4.78, 5) is 6.87. The van der Waals surface area contributed by atoms with Gasteiger partial charge in [-0.2, -0.15) is 0 Å². The fourth-order valence-corrected chi connectivity index (χ4v) is 4.53. The molecule has 2 aromatic rings. The van der Waals surface area contributed by atoms with Crippen LogP contribution in [0.1, 0.15) is 5.82 Å². The summed E-state index contributed by atoms with van der Waals surface area (Å²) in [5, 5.41) is 12.1. The first-order valence-electron chi connectivity index (χ1n) is 11.6. The van der Waals surface area contributed by atoms with Gasteiger partial charge in [0.05, 0.1) is 12.2 Å². The minimum atomic E-state index is -4.78. The van der Waals surface area contributed by atoms with E-state index in [1.54, 1.807) is 10.7 Å². The predicted octanol–water partition coefficient (Wildman–Crippen LogP) is 1.19. The van der Waals surface area contributed by atoms with Gasteiger partial charge in [-0.1, -0.05) is 12.1 Å². The number of fused-ring (bicyclic) bond motifs is 2. The van der Waals surface area contributed by atoms with Gasteiger partial charge in [0.25, 0.3) is 0 Å². The molecule has 4 heterocycles. The highest BCUT2D eigenvalue weighted by atomic mass is 19.4. The van der Waals surface area contributed by atoms with Gasteiger partial charge in [0.1, 0.15) is 18.5 Å². The van der Waals surface area contributed by atoms with Crippen LogP contribution < -0.4 is 15.5 Å². The van der Waals surface area contributed by atoms with Crippen molar-refractivity contribution in [2.45, 2.75) is 12.5 Å². The zero-order valence-electron chi connectivity index (χ0n) is 19.7. The third kappa shape index (κ3) is 5.16. The third-order valence-electron chi connectivity index (χ3n) is 6.41. The van der Waals surface area contributed by atoms with E-state index in [4.69, 9.17) is 4.74 Å². The average molecular weight is 495 g/mol. The predicted molar refractivity (Wildman–Crippen MR) is 123 cm³/mol. The highest BCUT2D eigenvalue weighted by molar-refractivity contribution is 5.67. The van der Waals surface area contributed by atoms with Gasteiger partial charge in [-0.05, 0) is 19.2 Å². The van der Waals surface area contributed by atoms with E-state index in [1.165, 1.54) is 18.2 Å². The van der Waals surface area contributed by atoms with Gasteiger partial charge in [-0.25, -0.2) is 4.68 Å². The summed E-state index contributed by atoms with van der Waals surface area (Å²) in [5.74, 6) is 1.12. The van der Waals surface area contributed by atoms with Crippen LogP contribution in [-0.4, -0.2) is 109 Å². The van der Waals surface area contributed by atoms with Gasteiger partial charge in [-0.15, -0.1) is 23.4 Å². The summed E-state index contributed by atoms with van der Waals surface area (Å²) >= 11 is 0. The van der Waals surface area contributed by atoms with Crippen molar-refractivity contribution in [1.29, 1.82) is 0 Å². The number of nitrogens with zero attached hydrogens (tertiary/aromatic N) is 6. The summed E-state index contributed by atoms with van der Waals surface area (Å²) in [6.07, 6.45) is -5.07. The Morgan fingerprint density at radius 1 is 1.11 bits per heavy atom.